The number of nitrogens with zero attached hydrogens (tertiary/aromatic N) is 2. The highest BCUT2D eigenvalue weighted by Gasteiger charge is 2.26. The topological polar surface area (TPSA) is 70.5 Å². The molecule has 2 heterocycles. The molecule has 0 radical (unpaired) electrons. The number of amides is 1. The second-order valence-corrected chi connectivity index (χ2v) is 5.64. The lowest BCUT2D eigenvalue weighted by Crippen LogP contribution is -2.44. The third-order valence-electron chi connectivity index (χ3n) is 3.07. The van der Waals surface area contributed by atoms with E-state index in [2.05, 4.69) is 4.98 Å². The van der Waals surface area contributed by atoms with E-state index in [1.165, 1.54) is 6.20 Å². The molecule has 1 N–H and O–H groups in total. The molecule has 1 atom stereocenters. The number of rotatable bonds is 3. The van der Waals surface area contributed by atoms with Gasteiger partial charge in [-0.05, 0) is 19.1 Å². The molecule has 0 aliphatic carbocycles. The van der Waals surface area contributed by atoms with Crippen LogP contribution in [0.3, 0.4) is 0 Å². The Bertz CT molecular complexity index is 493. The third-order valence-corrected chi connectivity index (χ3v) is 4.26. The van der Waals surface area contributed by atoms with Crippen LogP contribution in [0, 0.1) is 0 Å². The van der Waals surface area contributed by atoms with E-state index in [4.69, 9.17) is 5.11 Å². The van der Waals surface area contributed by atoms with Crippen LogP contribution in [-0.4, -0.2) is 51.0 Å². The van der Waals surface area contributed by atoms with Crippen molar-refractivity contribution in [1.29, 1.82) is 0 Å². The predicted octanol–water partition coefficient (Wildman–Crippen LogP) is 1.29. The summed E-state index contributed by atoms with van der Waals surface area (Å²) < 4.78 is 0. The number of pyridine rings is 1. The molecule has 0 aromatic carbocycles. The first-order valence-corrected chi connectivity index (χ1v) is 7.29. The summed E-state index contributed by atoms with van der Waals surface area (Å²) in [6, 6.07) is 3.49. The van der Waals surface area contributed by atoms with Crippen LogP contribution >= 0.6 is 11.8 Å². The standard InChI is InChI=1S/C13H16N2O3S/c1-9-8-19-6-5-15(9)13(18)10-3-2-4-14-11(10)7-12(16)17/h2-4,9H,5-8H2,1H3,(H,16,17)/t9-/m1/s1. The summed E-state index contributed by atoms with van der Waals surface area (Å²) in [5.74, 6) is 0.748. The average Bonchev–Trinajstić information content (AvgIpc) is 2.38. The normalized spacial score (nSPS) is 19.2. The van der Waals surface area contributed by atoms with Gasteiger partial charge in [-0.15, -0.1) is 0 Å². The summed E-state index contributed by atoms with van der Waals surface area (Å²) >= 11 is 1.83. The highest BCUT2D eigenvalue weighted by molar-refractivity contribution is 7.99. The van der Waals surface area contributed by atoms with Crippen molar-refractivity contribution in [2.45, 2.75) is 19.4 Å². The second kappa shape index (κ2) is 6.06. The van der Waals surface area contributed by atoms with E-state index in [9.17, 15) is 9.59 Å². The number of aromatic nitrogens is 1. The van der Waals surface area contributed by atoms with E-state index in [-0.39, 0.29) is 18.4 Å². The molecule has 19 heavy (non-hydrogen) atoms. The molecule has 1 saturated heterocycles. The Labute approximate surface area is 116 Å². The molecule has 0 saturated carbocycles. The van der Waals surface area contributed by atoms with Crippen molar-refractivity contribution in [1.82, 2.24) is 9.88 Å². The number of hydrogen-bond donors (Lipinski definition) is 1. The first kappa shape index (κ1) is 13.9. The Hall–Kier alpha value is -1.56. The summed E-state index contributed by atoms with van der Waals surface area (Å²) in [6.45, 7) is 2.71. The first-order chi connectivity index (χ1) is 9.09. The molecular weight excluding hydrogens is 264 g/mol. The number of hydrogen-bond acceptors (Lipinski definition) is 4. The minimum Gasteiger partial charge on any atom is -0.481 e. The smallest absolute Gasteiger partial charge is 0.309 e. The molecule has 2 rings (SSSR count). The van der Waals surface area contributed by atoms with Crippen molar-refractivity contribution >= 4 is 23.6 Å². The summed E-state index contributed by atoms with van der Waals surface area (Å²) in [4.78, 5) is 29.1. The number of carboxylic acid groups (broad SMARTS) is 1. The van der Waals surface area contributed by atoms with Crippen molar-refractivity contribution in [3.05, 3.63) is 29.6 Å². The number of carbonyl (C=O) groups excluding carboxylic acids is 1. The summed E-state index contributed by atoms with van der Waals surface area (Å²) in [6.07, 6.45) is 1.30. The predicted molar refractivity (Wildman–Crippen MR) is 73.4 cm³/mol. The molecule has 102 valence electrons. The van der Waals surface area contributed by atoms with E-state index >= 15 is 0 Å². The van der Waals surface area contributed by atoms with Crippen LogP contribution in [0.4, 0.5) is 0 Å². The molecule has 0 spiro atoms. The molecule has 1 aliphatic rings. The lowest BCUT2D eigenvalue weighted by atomic mass is 10.1. The van der Waals surface area contributed by atoms with Crippen LogP contribution in [-0.2, 0) is 11.2 Å². The molecule has 1 fully saturated rings. The maximum atomic E-state index is 12.5. The molecule has 1 aromatic rings. The summed E-state index contributed by atoms with van der Waals surface area (Å²) in [7, 11) is 0. The van der Waals surface area contributed by atoms with E-state index in [1.54, 1.807) is 17.0 Å². The zero-order chi connectivity index (χ0) is 13.8. The highest BCUT2D eigenvalue weighted by Crippen LogP contribution is 2.19. The fourth-order valence-corrected chi connectivity index (χ4v) is 3.11. The van der Waals surface area contributed by atoms with Gasteiger partial charge in [0.15, 0.2) is 0 Å². The van der Waals surface area contributed by atoms with Gasteiger partial charge < -0.3 is 10.0 Å². The number of thioether (sulfide) groups is 1. The quantitative estimate of drug-likeness (QED) is 0.903. The summed E-state index contributed by atoms with van der Waals surface area (Å²) in [5.41, 5.74) is 0.745. The molecular formula is C13H16N2O3S. The lowest BCUT2D eigenvalue weighted by Gasteiger charge is -2.33. The Morgan fingerprint density at radius 3 is 3.05 bits per heavy atom. The first-order valence-electron chi connectivity index (χ1n) is 6.14. The largest absolute Gasteiger partial charge is 0.481 e. The summed E-state index contributed by atoms with van der Waals surface area (Å²) in [5, 5.41) is 8.87. The van der Waals surface area contributed by atoms with Crippen molar-refractivity contribution in [3.8, 4) is 0 Å². The van der Waals surface area contributed by atoms with Gasteiger partial charge in [0, 0.05) is 30.3 Å². The van der Waals surface area contributed by atoms with Gasteiger partial charge in [0.2, 0.25) is 0 Å². The zero-order valence-electron chi connectivity index (χ0n) is 10.7. The van der Waals surface area contributed by atoms with Gasteiger partial charge in [0.05, 0.1) is 17.7 Å². The van der Waals surface area contributed by atoms with Gasteiger partial charge in [-0.25, -0.2) is 0 Å². The van der Waals surface area contributed by atoms with Crippen LogP contribution in [0.15, 0.2) is 18.3 Å². The van der Waals surface area contributed by atoms with Crippen LogP contribution in [0.25, 0.3) is 0 Å². The van der Waals surface area contributed by atoms with Crippen LogP contribution < -0.4 is 0 Å². The van der Waals surface area contributed by atoms with Gasteiger partial charge in [-0.1, -0.05) is 0 Å². The fourth-order valence-electron chi connectivity index (χ4n) is 2.10. The maximum Gasteiger partial charge on any atom is 0.309 e. The van der Waals surface area contributed by atoms with E-state index in [0.29, 0.717) is 17.8 Å². The Morgan fingerprint density at radius 1 is 1.58 bits per heavy atom. The van der Waals surface area contributed by atoms with Crippen molar-refractivity contribution in [2.75, 3.05) is 18.1 Å². The third kappa shape index (κ3) is 3.26. The minimum absolute atomic E-state index is 0.114. The number of carbonyl (C=O) groups is 2. The molecule has 0 bridgehead atoms. The minimum atomic E-state index is -0.977. The van der Waals surface area contributed by atoms with Crippen molar-refractivity contribution < 1.29 is 14.7 Å². The van der Waals surface area contributed by atoms with Crippen molar-refractivity contribution in [2.24, 2.45) is 0 Å². The average molecular weight is 280 g/mol. The Kier molecular flexibility index (Phi) is 4.42. The zero-order valence-corrected chi connectivity index (χ0v) is 11.5. The van der Waals surface area contributed by atoms with E-state index < -0.39 is 5.97 Å². The fraction of sp³-hybridized carbons (Fsp3) is 0.462. The molecule has 5 nitrogen and oxygen atoms in total. The molecule has 1 amide bonds. The Balaban J connectivity index is 2.25. The lowest BCUT2D eigenvalue weighted by molar-refractivity contribution is -0.136. The van der Waals surface area contributed by atoms with Crippen LogP contribution in [0.1, 0.15) is 23.0 Å². The molecule has 6 heteroatoms. The highest BCUT2D eigenvalue weighted by atomic mass is 32.2. The number of carboxylic acids is 1. The van der Waals surface area contributed by atoms with Gasteiger partial charge >= 0.3 is 5.97 Å². The van der Waals surface area contributed by atoms with Gasteiger partial charge in [0.25, 0.3) is 5.91 Å². The van der Waals surface area contributed by atoms with Gasteiger partial charge in [-0.2, -0.15) is 11.8 Å². The number of aliphatic carboxylic acids is 1. The monoisotopic (exact) mass is 280 g/mol. The van der Waals surface area contributed by atoms with E-state index in [0.717, 1.165) is 11.5 Å². The Morgan fingerprint density at radius 2 is 2.37 bits per heavy atom. The van der Waals surface area contributed by atoms with Gasteiger partial charge in [0.1, 0.15) is 0 Å². The van der Waals surface area contributed by atoms with Crippen LogP contribution in [0.2, 0.25) is 0 Å². The SMILES string of the molecule is C[C@@H]1CSCCN1C(=O)c1cccnc1CC(=O)O. The van der Waals surface area contributed by atoms with Crippen LogP contribution in [0.5, 0.6) is 0 Å². The van der Waals surface area contributed by atoms with E-state index in [1.807, 2.05) is 18.7 Å². The van der Waals surface area contributed by atoms with Gasteiger partial charge in [-0.3, -0.25) is 14.6 Å². The molecule has 1 aliphatic heterocycles. The van der Waals surface area contributed by atoms with Crippen molar-refractivity contribution in [3.63, 3.8) is 0 Å². The molecule has 0 unspecified atom stereocenters. The molecule has 1 aromatic heterocycles. The second-order valence-electron chi connectivity index (χ2n) is 4.49. The maximum absolute atomic E-state index is 12.5.